The van der Waals surface area contributed by atoms with Crippen LogP contribution < -0.4 is 5.32 Å². The zero-order valence-electron chi connectivity index (χ0n) is 17.7. The van der Waals surface area contributed by atoms with Crippen LogP contribution >= 0.6 is 11.6 Å². The smallest absolute Gasteiger partial charge is 0.345 e. The third-order valence-corrected chi connectivity index (χ3v) is 7.87. The highest BCUT2D eigenvalue weighted by atomic mass is 35.5. The van der Waals surface area contributed by atoms with Crippen LogP contribution in [0.25, 0.3) is 16.9 Å². The molecule has 1 amide bonds. The first-order valence-electron chi connectivity index (χ1n) is 11.3. The number of benzene rings is 1. The van der Waals surface area contributed by atoms with Crippen LogP contribution in [0.5, 0.6) is 0 Å². The van der Waals surface area contributed by atoms with Crippen LogP contribution in [-0.4, -0.2) is 26.0 Å². The first-order valence-corrected chi connectivity index (χ1v) is 11.6. The summed E-state index contributed by atoms with van der Waals surface area (Å²) >= 11 is 6.45. The van der Waals surface area contributed by atoms with E-state index in [2.05, 4.69) is 15.4 Å². The van der Waals surface area contributed by atoms with Gasteiger partial charge < -0.3 is 5.32 Å². The van der Waals surface area contributed by atoms with Crippen molar-refractivity contribution in [3.8, 4) is 11.3 Å². The number of nitrogens with zero attached hydrogens (tertiary/aromatic N) is 3. The topological polar surface area (TPSA) is 59.3 Å². The maximum absolute atomic E-state index is 13.9. The molecule has 7 rings (SSSR count). The van der Waals surface area contributed by atoms with Crippen molar-refractivity contribution >= 4 is 23.2 Å². The maximum Gasteiger partial charge on any atom is 0.433 e. The number of carbonyl (C=O) groups excluding carboxylic acids is 1. The fourth-order valence-electron chi connectivity index (χ4n) is 6.66. The molecular weight excluding hydrogens is 453 g/mol. The summed E-state index contributed by atoms with van der Waals surface area (Å²) in [6, 6.07) is 9.49. The first kappa shape index (κ1) is 21.0. The molecule has 4 aliphatic rings. The fraction of sp³-hybridized carbons (Fsp3) is 0.458. The molecule has 4 saturated carbocycles. The summed E-state index contributed by atoms with van der Waals surface area (Å²) in [5.74, 6) is 1.31. The van der Waals surface area contributed by atoms with Gasteiger partial charge in [0.15, 0.2) is 17.0 Å². The number of carbonyl (C=O) groups is 1. The molecule has 2 aromatic heterocycles. The lowest BCUT2D eigenvalue weighted by molar-refractivity contribution is -0.142. The van der Waals surface area contributed by atoms with E-state index in [1.165, 1.54) is 19.3 Å². The minimum Gasteiger partial charge on any atom is -0.345 e. The standard InChI is InChI=1S/C24H22ClF3N4O/c25-19-20(22(33)30-23-10-13-6-14(11-23)8-15(7-13)12-23)31-32-18(24(26,27)28)9-17(29-21(19)32)16-4-2-1-3-5-16/h1-5,9,13-15H,6-8,10-12H2,(H,30,33). The summed E-state index contributed by atoms with van der Waals surface area (Å²) in [5.41, 5.74) is -1.09. The van der Waals surface area contributed by atoms with Gasteiger partial charge in [0, 0.05) is 11.1 Å². The third-order valence-electron chi connectivity index (χ3n) is 7.52. The van der Waals surface area contributed by atoms with E-state index < -0.39 is 17.8 Å². The van der Waals surface area contributed by atoms with Gasteiger partial charge in [-0.3, -0.25) is 4.79 Å². The van der Waals surface area contributed by atoms with Crippen molar-refractivity contribution in [1.82, 2.24) is 19.9 Å². The highest BCUT2D eigenvalue weighted by Crippen LogP contribution is 2.55. The Balaban J connectivity index is 1.41. The zero-order valence-corrected chi connectivity index (χ0v) is 18.5. The molecule has 2 heterocycles. The molecule has 1 aromatic carbocycles. The van der Waals surface area contributed by atoms with Crippen LogP contribution in [0.1, 0.15) is 54.7 Å². The van der Waals surface area contributed by atoms with Crippen molar-refractivity contribution in [1.29, 1.82) is 0 Å². The van der Waals surface area contributed by atoms with Gasteiger partial charge in [-0.15, -0.1) is 0 Å². The molecular formula is C24H22ClF3N4O. The molecule has 33 heavy (non-hydrogen) atoms. The lowest BCUT2D eigenvalue weighted by Gasteiger charge is -2.56. The second-order valence-electron chi connectivity index (χ2n) is 9.94. The second kappa shape index (κ2) is 7.19. The number of fused-ring (bicyclic) bond motifs is 1. The van der Waals surface area contributed by atoms with Gasteiger partial charge in [-0.2, -0.15) is 18.3 Å². The van der Waals surface area contributed by atoms with E-state index >= 15 is 0 Å². The number of hydrogen-bond donors (Lipinski definition) is 1. The Bertz CT molecular complexity index is 1220. The first-order chi connectivity index (χ1) is 15.7. The molecule has 0 unspecified atom stereocenters. The molecule has 172 valence electrons. The molecule has 0 aliphatic heterocycles. The van der Waals surface area contributed by atoms with Crippen LogP contribution in [0.2, 0.25) is 5.02 Å². The summed E-state index contributed by atoms with van der Waals surface area (Å²) in [7, 11) is 0. The van der Waals surface area contributed by atoms with Crippen molar-refractivity contribution in [2.45, 2.75) is 50.2 Å². The normalized spacial score (nSPS) is 28.4. The average molecular weight is 475 g/mol. The predicted molar refractivity (Wildman–Crippen MR) is 117 cm³/mol. The van der Waals surface area contributed by atoms with Gasteiger partial charge in [0.2, 0.25) is 0 Å². The Kier molecular flexibility index (Phi) is 4.57. The molecule has 0 saturated heterocycles. The van der Waals surface area contributed by atoms with Crippen LogP contribution in [0, 0.1) is 17.8 Å². The van der Waals surface area contributed by atoms with E-state index in [4.69, 9.17) is 11.6 Å². The van der Waals surface area contributed by atoms with Crippen molar-refractivity contribution in [3.63, 3.8) is 0 Å². The molecule has 4 fully saturated rings. The predicted octanol–water partition coefficient (Wildman–Crippen LogP) is 5.77. The lowest BCUT2D eigenvalue weighted by Crippen LogP contribution is -2.59. The number of alkyl halides is 3. The molecule has 9 heteroatoms. The van der Waals surface area contributed by atoms with E-state index in [0.717, 1.165) is 25.3 Å². The monoisotopic (exact) mass is 474 g/mol. The molecule has 4 aliphatic carbocycles. The van der Waals surface area contributed by atoms with E-state index in [1.54, 1.807) is 30.3 Å². The second-order valence-corrected chi connectivity index (χ2v) is 10.3. The number of halogens is 4. The fourth-order valence-corrected chi connectivity index (χ4v) is 6.91. The van der Waals surface area contributed by atoms with Gasteiger partial charge >= 0.3 is 6.18 Å². The van der Waals surface area contributed by atoms with Crippen LogP contribution in [0.4, 0.5) is 13.2 Å². The summed E-state index contributed by atoms with van der Waals surface area (Å²) in [4.78, 5) is 17.6. The Hall–Kier alpha value is -2.61. The Labute approximate surface area is 193 Å². The van der Waals surface area contributed by atoms with Gasteiger partial charge in [0.1, 0.15) is 5.02 Å². The number of nitrogens with one attached hydrogen (secondary N) is 1. The Morgan fingerprint density at radius 1 is 1.06 bits per heavy atom. The summed E-state index contributed by atoms with van der Waals surface area (Å²) in [6.07, 6.45) is 1.69. The quantitative estimate of drug-likeness (QED) is 0.524. The van der Waals surface area contributed by atoms with Gasteiger partial charge in [-0.25, -0.2) is 9.50 Å². The highest BCUT2D eigenvalue weighted by Gasteiger charge is 2.52. The summed E-state index contributed by atoms with van der Waals surface area (Å²) in [5, 5.41) is 6.97. The van der Waals surface area contributed by atoms with Gasteiger partial charge in [0.05, 0.1) is 5.69 Å². The van der Waals surface area contributed by atoms with Crippen molar-refractivity contribution < 1.29 is 18.0 Å². The largest absolute Gasteiger partial charge is 0.433 e. The Morgan fingerprint density at radius 2 is 1.67 bits per heavy atom. The molecule has 0 spiro atoms. The van der Waals surface area contributed by atoms with Crippen LogP contribution in [-0.2, 0) is 6.18 Å². The minimum atomic E-state index is -4.70. The van der Waals surface area contributed by atoms with Gasteiger partial charge in [0.25, 0.3) is 5.91 Å². The van der Waals surface area contributed by atoms with E-state index in [-0.39, 0.29) is 27.6 Å². The van der Waals surface area contributed by atoms with Crippen molar-refractivity contribution in [3.05, 3.63) is 52.8 Å². The number of amides is 1. The van der Waals surface area contributed by atoms with E-state index in [1.807, 2.05) is 0 Å². The molecule has 0 atom stereocenters. The summed E-state index contributed by atoms with van der Waals surface area (Å²) in [6.45, 7) is 0. The van der Waals surface area contributed by atoms with E-state index in [9.17, 15) is 18.0 Å². The molecule has 1 N–H and O–H groups in total. The number of hydrogen-bond acceptors (Lipinski definition) is 3. The summed E-state index contributed by atoms with van der Waals surface area (Å²) < 4.78 is 42.4. The number of aromatic nitrogens is 3. The third kappa shape index (κ3) is 3.50. The Morgan fingerprint density at radius 3 is 2.24 bits per heavy atom. The van der Waals surface area contributed by atoms with Crippen LogP contribution in [0.3, 0.4) is 0 Å². The lowest BCUT2D eigenvalue weighted by atomic mass is 9.53. The highest BCUT2D eigenvalue weighted by molar-refractivity contribution is 6.36. The van der Waals surface area contributed by atoms with Gasteiger partial charge in [-0.1, -0.05) is 41.9 Å². The zero-order chi connectivity index (χ0) is 23.0. The molecule has 0 radical (unpaired) electrons. The molecule has 4 bridgehead atoms. The van der Waals surface area contributed by atoms with Gasteiger partial charge in [-0.05, 0) is 62.3 Å². The maximum atomic E-state index is 13.9. The molecule has 3 aromatic rings. The SMILES string of the molecule is O=C(NC12CC3CC(CC(C3)C1)C2)c1nn2c(C(F)(F)F)cc(-c3ccccc3)nc2c1Cl. The van der Waals surface area contributed by atoms with Crippen molar-refractivity contribution in [2.75, 3.05) is 0 Å². The molecule has 5 nitrogen and oxygen atoms in total. The average Bonchev–Trinajstić information content (AvgIpc) is 3.08. The minimum absolute atomic E-state index is 0.116. The van der Waals surface area contributed by atoms with E-state index in [0.29, 0.717) is 27.8 Å². The number of rotatable bonds is 3. The van der Waals surface area contributed by atoms with Crippen LogP contribution in [0.15, 0.2) is 36.4 Å². The van der Waals surface area contributed by atoms with Crippen molar-refractivity contribution in [2.24, 2.45) is 17.8 Å².